The van der Waals surface area contributed by atoms with Gasteiger partial charge in [-0.1, -0.05) is 0 Å². The van der Waals surface area contributed by atoms with E-state index in [2.05, 4.69) is 18.7 Å². The maximum Gasteiger partial charge on any atom is 0.325 e. The standard InChI is InChI=1S/C10H21N3O3/c1-9(2)11-5-12(7-15-3)10(14)13(6-11)8-16-4/h9H,5-8H2,1-4H3. The molecule has 1 saturated heterocycles. The molecule has 2 amide bonds. The molecule has 0 N–H and O–H groups in total. The molecule has 6 nitrogen and oxygen atoms in total. The third-order valence-corrected chi connectivity index (χ3v) is 2.55. The predicted octanol–water partition coefficient (Wildman–Crippen LogP) is 0.557. The second-order valence-electron chi connectivity index (χ2n) is 4.16. The molecule has 0 saturated carbocycles. The molecule has 1 aliphatic rings. The lowest BCUT2D eigenvalue weighted by molar-refractivity contribution is -0.0522. The second kappa shape index (κ2) is 6.03. The van der Waals surface area contributed by atoms with Crippen LogP contribution in [0.2, 0.25) is 0 Å². The van der Waals surface area contributed by atoms with Crippen LogP contribution < -0.4 is 0 Å². The molecule has 0 unspecified atom stereocenters. The van der Waals surface area contributed by atoms with Crippen LogP contribution >= 0.6 is 0 Å². The molecule has 16 heavy (non-hydrogen) atoms. The van der Waals surface area contributed by atoms with E-state index in [0.717, 1.165) is 0 Å². The zero-order valence-corrected chi connectivity index (χ0v) is 10.5. The Labute approximate surface area is 96.7 Å². The summed E-state index contributed by atoms with van der Waals surface area (Å²) in [5.74, 6) is 0. The SMILES string of the molecule is COCN1CN(C(C)C)CN(COC)C1=O. The predicted molar refractivity (Wildman–Crippen MR) is 59.5 cm³/mol. The fourth-order valence-electron chi connectivity index (χ4n) is 1.63. The molecule has 1 rings (SSSR count). The molecule has 94 valence electrons. The van der Waals surface area contributed by atoms with Gasteiger partial charge in [0.1, 0.15) is 13.5 Å². The molecule has 6 heteroatoms. The Kier molecular flexibility index (Phi) is 4.98. The Balaban J connectivity index is 2.67. The molecule has 0 radical (unpaired) electrons. The number of ether oxygens (including phenoxy) is 2. The van der Waals surface area contributed by atoms with Gasteiger partial charge in [0, 0.05) is 20.3 Å². The molecular weight excluding hydrogens is 210 g/mol. The van der Waals surface area contributed by atoms with Crippen molar-refractivity contribution >= 4 is 6.03 Å². The van der Waals surface area contributed by atoms with Crippen LogP contribution in [0.5, 0.6) is 0 Å². The summed E-state index contributed by atoms with van der Waals surface area (Å²) in [5.41, 5.74) is 0. The van der Waals surface area contributed by atoms with E-state index in [9.17, 15) is 4.79 Å². The van der Waals surface area contributed by atoms with Crippen molar-refractivity contribution in [1.82, 2.24) is 14.7 Å². The largest absolute Gasteiger partial charge is 0.364 e. The fourth-order valence-corrected chi connectivity index (χ4v) is 1.63. The minimum absolute atomic E-state index is 0.0411. The number of nitrogens with zero attached hydrogens (tertiary/aromatic N) is 3. The molecule has 0 atom stereocenters. The normalized spacial score (nSPS) is 18.7. The van der Waals surface area contributed by atoms with E-state index in [1.807, 2.05) is 0 Å². The molecular formula is C10H21N3O3. The van der Waals surface area contributed by atoms with Crippen molar-refractivity contribution in [3.8, 4) is 0 Å². The lowest BCUT2D eigenvalue weighted by Gasteiger charge is -2.43. The summed E-state index contributed by atoms with van der Waals surface area (Å²) < 4.78 is 10.0. The van der Waals surface area contributed by atoms with Gasteiger partial charge in [0.05, 0.1) is 13.3 Å². The number of urea groups is 1. The van der Waals surface area contributed by atoms with Crippen molar-refractivity contribution in [1.29, 1.82) is 0 Å². The fraction of sp³-hybridized carbons (Fsp3) is 0.900. The van der Waals surface area contributed by atoms with Crippen molar-refractivity contribution in [2.75, 3.05) is 41.0 Å². The Morgan fingerprint density at radius 1 is 1.12 bits per heavy atom. The molecule has 1 aliphatic heterocycles. The van der Waals surface area contributed by atoms with Crippen LogP contribution in [0.3, 0.4) is 0 Å². The number of hydrogen-bond donors (Lipinski definition) is 0. The summed E-state index contributed by atoms with van der Waals surface area (Å²) in [6.45, 7) is 6.02. The minimum atomic E-state index is -0.0411. The smallest absolute Gasteiger partial charge is 0.325 e. The van der Waals surface area contributed by atoms with Gasteiger partial charge in [-0.15, -0.1) is 0 Å². The first kappa shape index (κ1) is 13.2. The molecule has 0 aromatic rings. The van der Waals surface area contributed by atoms with Crippen molar-refractivity contribution in [3.63, 3.8) is 0 Å². The lowest BCUT2D eigenvalue weighted by atomic mass is 10.3. The van der Waals surface area contributed by atoms with Crippen LogP contribution in [0, 0.1) is 0 Å². The molecule has 0 aromatic carbocycles. The van der Waals surface area contributed by atoms with Gasteiger partial charge in [-0.05, 0) is 13.8 Å². The molecule has 0 bridgehead atoms. The van der Waals surface area contributed by atoms with Gasteiger partial charge in [-0.2, -0.15) is 0 Å². The van der Waals surface area contributed by atoms with Gasteiger partial charge in [0.15, 0.2) is 0 Å². The highest BCUT2D eigenvalue weighted by atomic mass is 16.5. The zero-order chi connectivity index (χ0) is 12.1. The number of amides is 2. The molecule has 0 aliphatic carbocycles. The van der Waals surface area contributed by atoms with E-state index >= 15 is 0 Å². The van der Waals surface area contributed by atoms with E-state index in [1.165, 1.54) is 0 Å². The van der Waals surface area contributed by atoms with Gasteiger partial charge >= 0.3 is 6.03 Å². The van der Waals surface area contributed by atoms with Gasteiger partial charge in [0.2, 0.25) is 0 Å². The highest BCUT2D eigenvalue weighted by Gasteiger charge is 2.30. The van der Waals surface area contributed by atoms with Crippen molar-refractivity contribution in [2.24, 2.45) is 0 Å². The summed E-state index contributed by atoms with van der Waals surface area (Å²) in [7, 11) is 3.17. The molecule has 1 heterocycles. The number of hydrogen-bond acceptors (Lipinski definition) is 4. The number of rotatable bonds is 5. The molecule has 0 aromatic heterocycles. The molecule has 1 fully saturated rings. The average molecular weight is 231 g/mol. The van der Waals surface area contributed by atoms with Crippen LogP contribution in [0.1, 0.15) is 13.8 Å². The van der Waals surface area contributed by atoms with E-state index < -0.39 is 0 Å². The molecule has 0 spiro atoms. The van der Waals surface area contributed by atoms with Crippen LogP contribution in [0.25, 0.3) is 0 Å². The van der Waals surface area contributed by atoms with Gasteiger partial charge < -0.3 is 9.47 Å². The van der Waals surface area contributed by atoms with Crippen LogP contribution in [0.15, 0.2) is 0 Å². The Morgan fingerprint density at radius 3 is 1.88 bits per heavy atom. The Bertz CT molecular complexity index is 217. The second-order valence-corrected chi connectivity index (χ2v) is 4.16. The summed E-state index contributed by atoms with van der Waals surface area (Å²) in [6, 6.07) is 0.340. The van der Waals surface area contributed by atoms with Crippen LogP contribution in [0.4, 0.5) is 4.79 Å². The summed E-state index contributed by atoms with van der Waals surface area (Å²) in [6.07, 6.45) is 0. The topological polar surface area (TPSA) is 45.2 Å². The first-order valence-corrected chi connectivity index (χ1v) is 5.36. The van der Waals surface area contributed by atoms with E-state index in [-0.39, 0.29) is 6.03 Å². The summed E-state index contributed by atoms with van der Waals surface area (Å²) in [4.78, 5) is 17.4. The van der Waals surface area contributed by atoms with Gasteiger partial charge in [-0.3, -0.25) is 14.7 Å². The first-order chi connectivity index (χ1) is 7.60. The summed E-state index contributed by atoms with van der Waals surface area (Å²) >= 11 is 0. The van der Waals surface area contributed by atoms with Crippen LogP contribution in [-0.4, -0.2) is 67.8 Å². The number of methoxy groups -OCH3 is 2. The zero-order valence-electron chi connectivity index (χ0n) is 10.5. The van der Waals surface area contributed by atoms with E-state index in [0.29, 0.717) is 32.8 Å². The first-order valence-electron chi connectivity index (χ1n) is 5.36. The van der Waals surface area contributed by atoms with E-state index in [1.54, 1.807) is 24.0 Å². The van der Waals surface area contributed by atoms with Crippen LogP contribution in [-0.2, 0) is 9.47 Å². The lowest BCUT2D eigenvalue weighted by Crippen LogP contribution is -2.60. The summed E-state index contributed by atoms with van der Waals surface area (Å²) in [5, 5.41) is 0. The maximum absolute atomic E-state index is 11.9. The number of carbonyl (C=O) groups excluding carboxylic acids is 1. The highest BCUT2D eigenvalue weighted by molar-refractivity contribution is 5.74. The third-order valence-electron chi connectivity index (χ3n) is 2.55. The number of carbonyl (C=O) groups is 1. The third kappa shape index (κ3) is 3.07. The van der Waals surface area contributed by atoms with Gasteiger partial charge in [0.25, 0.3) is 0 Å². The minimum Gasteiger partial charge on any atom is -0.364 e. The maximum atomic E-state index is 11.9. The highest BCUT2D eigenvalue weighted by Crippen LogP contribution is 2.12. The van der Waals surface area contributed by atoms with Crippen molar-refractivity contribution in [3.05, 3.63) is 0 Å². The Hall–Kier alpha value is -0.850. The monoisotopic (exact) mass is 231 g/mol. The quantitative estimate of drug-likeness (QED) is 0.693. The van der Waals surface area contributed by atoms with E-state index in [4.69, 9.17) is 9.47 Å². The Morgan fingerprint density at radius 2 is 1.56 bits per heavy atom. The van der Waals surface area contributed by atoms with Crippen molar-refractivity contribution in [2.45, 2.75) is 19.9 Å². The average Bonchev–Trinajstić information content (AvgIpc) is 2.24. The van der Waals surface area contributed by atoms with Crippen molar-refractivity contribution < 1.29 is 14.3 Å². The van der Waals surface area contributed by atoms with Gasteiger partial charge in [-0.25, -0.2) is 4.79 Å².